The molecule has 0 saturated carbocycles. The van der Waals surface area contributed by atoms with Crippen LogP contribution in [0.4, 0.5) is 0 Å². The summed E-state index contributed by atoms with van der Waals surface area (Å²) in [6, 6.07) is 28.8. The van der Waals surface area contributed by atoms with Gasteiger partial charge in [-0.3, -0.25) is 9.69 Å². The van der Waals surface area contributed by atoms with Crippen molar-refractivity contribution in [2.75, 3.05) is 19.7 Å². The predicted molar refractivity (Wildman–Crippen MR) is 165 cm³/mol. The Balaban J connectivity index is 1.76. The Morgan fingerprint density at radius 3 is 1.72 bits per heavy atom. The molecule has 4 rings (SSSR count). The first-order valence-corrected chi connectivity index (χ1v) is 14.6. The Morgan fingerprint density at radius 2 is 1.28 bits per heavy atom. The predicted octanol–water partition coefficient (Wildman–Crippen LogP) is 6.24. The Hall–Kier alpha value is -3.98. The van der Waals surface area contributed by atoms with E-state index in [2.05, 4.69) is 21.5 Å². The van der Waals surface area contributed by atoms with E-state index < -0.39 is 30.4 Å². The van der Waals surface area contributed by atoms with Gasteiger partial charge in [-0.1, -0.05) is 102 Å². The number of nitrogens with zero attached hydrogens (tertiary/aromatic N) is 4. The number of benzene rings is 3. The van der Waals surface area contributed by atoms with Crippen LogP contribution in [-0.2, 0) is 43.6 Å². The second-order valence-corrected chi connectivity index (χ2v) is 10.3. The van der Waals surface area contributed by atoms with E-state index in [1.54, 1.807) is 13.0 Å². The number of hydrogen-bond acceptors (Lipinski definition) is 7. The van der Waals surface area contributed by atoms with E-state index in [0.717, 1.165) is 16.7 Å². The third-order valence-corrected chi connectivity index (χ3v) is 7.47. The number of piperidine rings is 1. The number of esters is 1. The third-order valence-electron chi connectivity index (χ3n) is 7.47. The van der Waals surface area contributed by atoms with Gasteiger partial charge in [-0.2, -0.15) is 0 Å². The monoisotopic (exact) mass is 584 g/mol. The molecule has 1 fully saturated rings. The quantitative estimate of drug-likeness (QED) is 0.0648. The van der Waals surface area contributed by atoms with Gasteiger partial charge in [0.1, 0.15) is 18.3 Å². The van der Waals surface area contributed by atoms with Crippen LogP contribution in [0, 0.1) is 0 Å². The highest BCUT2D eigenvalue weighted by molar-refractivity contribution is 5.70. The molecule has 0 N–H and O–H groups in total. The van der Waals surface area contributed by atoms with E-state index in [1.165, 1.54) is 0 Å². The molecule has 0 bridgehead atoms. The molecule has 1 heterocycles. The first-order valence-electron chi connectivity index (χ1n) is 14.6. The van der Waals surface area contributed by atoms with Gasteiger partial charge in [-0.25, -0.2) is 0 Å². The van der Waals surface area contributed by atoms with Crippen molar-refractivity contribution < 1.29 is 23.7 Å². The Labute approximate surface area is 253 Å². The first-order chi connectivity index (χ1) is 21.1. The summed E-state index contributed by atoms with van der Waals surface area (Å²) in [5.74, 6) is -0.345. The molecule has 3 aromatic carbocycles. The molecule has 0 spiro atoms. The van der Waals surface area contributed by atoms with Gasteiger partial charge in [0.05, 0.1) is 32.8 Å². The van der Waals surface area contributed by atoms with Crippen molar-refractivity contribution in [2.45, 2.75) is 63.6 Å². The van der Waals surface area contributed by atoms with Gasteiger partial charge in [0.2, 0.25) is 0 Å². The van der Waals surface area contributed by atoms with Crippen molar-refractivity contribution in [3.8, 4) is 0 Å². The normalized spacial score (nSPS) is 21.9. The Kier molecular flexibility index (Phi) is 12.8. The van der Waals surface area contributed by atoms with E-state index in [4.69, 9.17) is 18.9 Å². The lowest BCUT2D eigenvalue weighted by Crippen LogP contribution is -2.69. The second kappa shape index (κ2) is 17.2. The van der Waals surface area contributed by atoms with Crippen LogP contribution in [0.5, 0.6) is 0 Å². The molecule has 0 unspecified atom stereocenters. The zero-order valence-corrected chi connectivity index (χ0v) is 24.6. The van der Waals surface area contributed by atoms with Crippen LogP contribution in [0.2, 0.25) is 0 Å². The SMILES string of the molecule is C=CCN1[C@H](CC(=O)OCC)[C@H](OCc2ccccc2)[C@@H](OCc2ccccc2)[C@H](OCc2ccccc2)[C@H]1CN=[N+]=[N-]. The summed E-state index contributed by atoms with van der Waals surface area (Å²) in [6.07, 6.45) is 0.0799. The Morgan fingerprint density at radius 1 is 0.814 bits per heavy atom. The van der Waals surface area contributed by atoms with Crippen molar-refractivity contribution in [1.82, 2.24) is 4.90 Å². The summed E-state index contributed by atoms with van der Waals surface area (Å²) >= 11 is 0. The minimum absolute atomic E-state index is 0.0600. The summed E-state index contributed by atoms with van der Waals surface area (Å²) in [6.45, 7) is 7.49. The summed E-state index contributed by atoms with van der Waals surface area (Å²) in [5.41, 5.74) is 12.3. The molecule has 1 aliphatic rings. The molecule has 1 saturated heterocycles. The highest BCUT2D eigenvalue weighted by atomic mass is 16.6. The van der Waals surface area contributed by atoms with Gasteiger partial charge in [0.15, 0.2) is 0 Å². The number of carbonyl (C=O) groups excluding carboxylic acids is 1. The summed E-state index contributed by atoms with van der Waals surface area (Å²) in [5, 5.41) is 3.97. The molecule has 9 heteroatoms. The zero-order valence-electron chi connectivity index (χ0n) is 24.6. The number of rotatable bonds is 16. The minimum Gasteiger partial charge on any atom is -0.466 e. The molecule has 1 aliphatic heterocycles. The molecule has 43 heavy (non-hydrogen) atoms. The maximum absolute atomic E-state index is 13.0. The number of ether oxygens (including phenoxy) is 4. The van der Waals surface area contributed by atoms with Crippen molar-refractivity contribution in [1.29, 1.82) is 0 Å². The van der Waals surface area contributed by atoms with Gasteiger partial charge in [0.25, 0.3) is 0 Å². The molecule has 226 valence electrons. The van der Waals surface area contributed by atoms with Crippen LogP contribution < -0.4 is 0 Å². The van der Waals surface area contributed by atoms with Gasteiger partial charge in [-0.05, 0) is 29.1 Å². The number of carbonyl (C=O) groups is 1. The number of azide groups is 1. The highest BCUT2D eigenvalue weighted by Crippen LogP contribution is 2.34. The molecule has 5 atom stereocenters. The van der Waals surface area contributed by atoms with Gasteiger partial charge >= 0.3 is 5.97 Å². The average molecular weight is 585 g/mol. The maximum atomic E-state index is 13.0. The molecule has 0 aromatic heterocycles. The minimum atomic E-state index is -0.605. The second-order valence-electron chi connectivity index (χ2n) is 10.3. The van der Waals surface area contributed by atoms with E-state index in [1.807, 2.05) is 91.0 Å². The largest absolute Gasteiger partial charge is 0.466 e. The van der Waals surface area contributed by atoms with Gasteiger partial charge in [0, 0.05) is 30.1 Å². The van der Waals surface area contributed by atoms with Crippen molar-refractivity contribution in [3.05, 3.63) is 131 Å². The lowest BCUT2D eigenvalue weighted by molar-refractivity contribution is -0.221. The fraction of sp³-hybridized carbons (Fsp3) is 0.382. The smallest absolute Gasteiger partial charge is 0.307 e. The van der Waals surface area contributed by atoms with Crippen LogP contribution >= 0.6 is 0 Å². The lowest BCUT2D eigenvalue weighted by Gasteiger charge is -2.52. The summed E-state index contributed by atoms with van der Waals surface area (Å²) in [7, 11) is 0. The molecule has 0 radical (unpaired) electrons. The molecule has 3 aromatic rings. The number of hydrogen-bond donors (Lipinski definition) is 0. The third kappa shape index (κ3) is 9.25. The molecular formula is C34H40N4O5. The van der Waals surface area contributed by atoms with Crippen LogP contribution in [0.1, 0.15) is 30.0 Å². The van der Waals surface area contributed by atoms with E-state index in [9.17, 15) is 10.3 Å². The van der Waals surface area contributed by atoms with E-state index in [0.29, 0.717) is 26.4 Å². The van der Waals surface area contributed by atoms with Crippen LogP contribution in [0.15, 0.2) is 109 Å². The molecule has 9 nitrogen and oxygen atoms in total. The average Bonchev–Trinajstić information content (AvgIpc) is 3.04. The zero-order chi connectivity index (χ0) is 30.3. The van der Waals surface area contributed by atoms with Crippen LogP contribution in [0.3, 0.4) is 0 Å². The van der Waals surface area contributed by atoms with Crippen molar-refractivity contribution >= 4 is 5.97 Å². The fourth-order valence-corrected chi connectivity index (χ4v) is 5.52. The standard InChI is InChI=1S/C34H40N4O5/c1-3-20-38-29(21-31(39)40-4-2)32(41-23-26-14-8-5-9-15-26)34(43-25-28-18-12-7-13-19-28)33(30(38)22-36-37-35)42-24-27-16-10-6-11-17-27/h3,5-19,29-30,32-34H,1,4,20-25H2,2H3/t29-,30-,32+,33-,34-/m1/s1. The lowest BCUT2D eigenvalue weighted by atomic mass is 9.85. The summed E-state index contributed by atoms with van der Waals surface area (Å²) < 4.78 is 25.4. The van der Waals surface area contributed by atoms with E-state index in [-0.39, 0.29) is 25.5 Å². The van der Waals surface area contributed by atoms with Gasteiger partial charge < -0.3 is 18.9 Å². The van der Waals surface area contributed by atoms with Crippen LogP contribution in [0.25, 0.3) is 10.4 Å². The maximum Gasteiger partial charge on any atom is 0.307 e. The molecule has 0 aliphatic carbocycles. The topological polar surface area (TPSA) is 106 Å². The fourth-order valence-electron chi connectivity index (χ4n) is 5.52. The first kappa shape index (κ1) is 31.9. The van der Waals surface area contributed by atoms with E-state index >= 15 is 0 Å². The Bertz CT molecular complexity index is 1300. The van der Waals surface area contributed by atoms with Crippen LogP contribution in [-0.4, -0.2) is 61.0 Å². The number of likely N-dealkylation sites (tertiary alicyclic amines) is 1. The molecular weight excluding hydrogens is 544 g/mol. The van der Waals surface area contributed by atoms with Crippen molar-refractivity contribution in [3.63, 3.8) is 0 Å². The summed E-state index contributed by atoms with van der Waals surface area (Å²) in [4.78, 5) is 18.1. The van der Waals surface area contributed by atoms with Gasteiger partial charge in [-0.15, -0.1) is 6.58 Å². The van der Waals surface area contributed by atoms with Crippen molar-refractivity contribution in [2.24, 2.45) is 5.11 Å². The molecule has 0 amide bonds. The highest BCUT2D eigenvalue weighted by Gasteiger charge is 2.51.